The molecule has 0 aliphatic carbocycles. The number of aromatic nitrogens is 3. The molecule has 1 unspecified atom stereocenters. The molecular formula is C18H24N4OS. The van der Waals surface area contributed by atoms with Gasteiger partial charge in [-0.25, -0.2) is 0 Å². The Labute approximate surface area is 147 Å². The Balaban J connectivity index is 1.25. The molecule has 4 heterocycles. The van der Waals surface area contributed by atoms with Crippen molar-refractivity contribution in [3.8, 4) is 0 Å². The lowest BCUT2D eigenvalue weighted by Crippen LogP contribution is -2.58. The maximum Gasteiger partial charge on any atom is 0.0892 e. The maximum atomic E-state index is 6.08. The van der Waals surface area contributed by atoms with E-state index in [9.17, 15) is 0 Å². The summed E-state index contributed by atoms with van der Waals surface area (Å²) in [4.78, 5) is 6.85. The van der Waals surface area contributed by atoms with E-state index in [0.29, 0.717) is 17.5 Å². The monoisotopic (exact) mass is 344 g/mol. The average molecular weight is 344 g/mol. The Morgan fingerprint density at radius 2 is 2.25 bits per heavy atom. The van der Waals surface area contributed by atoms with Crippen molar-refractivity contribution in [2.24, 2.45) is 7.05 Å². The lowest BCUT2D eigenvalue weighted by Gasteiger charge is -2.47. The molecule has 0 radical (unpaired) electrons. The lowest BCUT2D eigenvalue weighted by atomic mass is 9.93. The van der Waals surface area contributed by atoms with E-state index in [1.54, 1.807) is 0 Å². The van der Waals surface area contributed by atoms with Crippen molar-refractivity contribution in [1.29, 1.82) is 0 Å². The first-order chi connectivity index (χ1) is 11.6. The van der Waals surface area contributed by atoms with Crippen LogP contribution < -0.4 is 0 Å². The van der Waals surface area contributed by atoms with E-state index in [4.69, 9.17) is 4.74 Å². The van der Waals surface area contributed by atoms with Gasteiger partial charge in [0.2, 0.25) is 0 Å². The topological polar surface area (TPSA) is 43.2 Å². The van der Waals surface area contributed by atoms with Crippen molar-refractivity contribution in [3.05, 3.63) is 47.5 Å². The third-order valence-corrected chi connectivity index (χ3v) is 6.45. The van der Waals surface area contributed by atoms with E-state index in [2.05, 4.69) is 39.7 Å². The highest BCUT2D eigenvalue weighted by Gasteiger charge is 2.49. The predicted octanol–water partition coefficient (Wildman–Crippen LogP) is 2.40. The average Bonchev–Trinajstić information content (AvgIpc) is 3.10. The molecule has 1 atom stereocenters. The Bertz CT molecular complexity index is 696. The molecule has 0 saturated carbocycles. The van der Waals surface area contributed by atoms with Gasteiger partial charge in [-0.05, 0) is 31.5 Å². The summed E-state index contributed by atoms with van der Waals surface area (Å²) in [6, 6.07) is 8.17. The van der Waals surface area contributed by atoms with Crippen molar-refractivity contribution < 1.29 is 4.74 Å². The summed E-state index contributed by atoms with van der Waals surface area (Å²) in [7, 11) is 2.03. The minimum atomic E-state index is 0.359. The fourth-order valence-corrected chi connectivity index (χ4v) is 5.34. The number of ether oxygens (including phenoxy) is 1. The quantitative estimate of drug-likeness (QED) is 0.833. The highest BCUT2D eigenvalue weighted by atomic mass is 32.2. The van der Waals surface area contributed by atoms with Gasteiger partial charge in [0.05, 0.1) is 29.8 Å². The SMILES string of the molecule is Cc1cc(CN2CC3(CC(OCc4ccccn4)CS3)C2)n(C)n1. The molecule has 2 aromatic rings. The highest BCUT2D eigenvalue weighted by Crippen LogP contribution is 2.46. The lowest BCUT2D eigenvalue weighted by molar-refractivity contribution is 0.0246. The number of likely N-dealkylation sites (tertiary alicyclic amines) is 1. The van der Waals surface area contributed by atoms with E-state index in [0.717, 1.165) is 43.2 Å². The molecule has 128 valence electrons. The second kappa shape index (κ2) is 6.50. The summed E-state index contributed by atoms with van der Waals surface area (Å²) in [5, 5.41) is 4.44. The van der Waals surface area contributed by atoms with E-state index in [-0.39, 0.29) is 0 Å². The number of hydrogen-bond acceptors (Lipinski definition) is 5. The molecule has 0 aromatic carbocycles. The third kappa shape index (κ3) is 3.36. The summed E-state index contributed by atoms with van der Waals surface area (Å²) >= 11 is 2.09. The van der Waals surface area contributed by atoms with Gasteiger partial charge in [-0.3, -0.25) is 14.6 Å². The second-order valence-corrected chi connectivity index (χ2v) is 8.49. The summed E-state index contributed by atoms with van der Waals surface area (Å²) in [5.74, 6) is 1.10. The summed E-state index contributed by atoms with van der Waals surface area (Å²) in [6.45, 7) is 5.99. The van der Waals surface area contributed by atoms with Crippen LogP contribution in [0.3, 0.4) is 0 Å². The summed E-state index contributed by atoms with van der Waals surface area (Å²) in [5.41, 5.74) is 3.42. The molecule has 2 aliphatic heterocycles. The van der Waals surface area contributed by atoms with E-state index in [1.807, 2.05) is 36.1 Å². The molecule has 4 rings (SSSR count). The third-order valence-electron chi connectivity index (χ3n) is 4.88. The molecule has 0 N–H and O–H groups in total. The van der Waals surface area contributed by atoms with Gasteiger partial charge in [0.25, 0.3) is 0 Å². The first-order valence-electron chi connectivity index (χ1n) is 8.49. The van der Waals surface area contributed by atoms with Gasteiger partial charge in [0, 0.05) is 43.4 Å². The van der Waals surface area contributed by atoms with Crippen molar-refractivity contribution in [1.82, 2.24) is 19.7 Å². The van der Waals surface area contributed by atoms with Crippen LogP contribution in [0, 0.1) is 6.92 Å². The molecule has 2 aromatic heterocycles. The minimum absolute atomic E-state index is 0.359. The summed E-state index contributed by atoms with van der Waals surface area (Å²) in [6.07, 6.45) is 3.34. The highest BCUT2D eigenvalue weighted by molar-refractivity contribution is 8.01. The van der Waals surface area contributed by atoms with Crippen LogP contribution >= 0.6 is 11.8 Å². The van der Waals surface area contributed by atoms with Gasteiger partial charge in [-0.15, -0.1) is 11.8 Å². The minimum Gasteiger partial charge on any atom is -0.371 e. The number of aryl methyl sites for hydroxylation is 2. The van der Waals surface area contributed by atoms with Gasteiger partial charge in [0.1, 0.15) is 0 Å². The molecule has 1 spiro atoms. The van der Waals surface area contributed by atoms with Crippen LogP contribution in [0.25, 0.3) is 0 Å². The number of hydrogen-bond donors (Lipinski definition) is 0. The summed E-state index contributed by atoms with van der Waals surface area (Å²) < 4.78 is 8.49. The number of thioether (sulfide) groups is 1. The van der Waals surface area contributed by atoms with Gasteiger partial charge in [-0.1, -0.05) is 6.07 Å². The van der Waals surface area contributed by atoms with Crippen molar-refractivity contribution in [2.45, 2.75) is 37.3 Å². The zero-order valence-electron chi connectivity index (χ0n) is 14.3. The number of pyridine rings is 1. The van der Waals surface area contributed by atoms with Gasteiger partial charge in [-0.2, -0.15) is 5.10 Å². The molecule has 0 amide bonds. The predicted molar refractivity (Wildman–Crippen MR) is 95.8 cm³/mol. The molecular weight excluding hydrogens is 320 g/mol. The normalized spacial score (nSPS) is 22.8. The molecule has 2 aliphatic rings. The largest absolute Gasteiger partial charge is 0.371 e. The zero-order chi connectivity index (χ0) is 16.6. The molecule has 2 fully saturated rings. The zero-order valence-corrected chi connectivity index (χ0v) is 15.1. The first-order valence-corrected chi connectivity index (χ1v) is 9.48. The maximum absolute atomic E-state index is 6.08. The Morgan fingerprint density at radius 1 is 1.38 bits per heavy atom. The van der Waals surface area contributed by atoms with E-state index in [1.165, 1.54) is 5.69 Å². The van der Waals surface area contributed by atoms with Crippen LogP contribution in [-0.2, 0) is 24.9 Å². The van der Waals surface area contributed by atoms with Crippen LogP contribution in [-0.4, -0.2) is 49.4 Å². The van der Waals surface area contributed by atoms with Crippen LogP contribution in [0.1, 0.15) is 23.5 Å². The fraction of sp³-hybridized carbons (Fsp3) is 0.556. The molecule has 6 heteroatoms. The molecule has 0 bridgehead atoms. The Hall–Kier alpha value is -1.37. The standard InChI is InChI=1S/C18H24N4OS/c1-14-7-16(21(2)20-14)9-22-12-18(13-22)8-17(11-24-18)23-10-15-5-3-4-6-19-15/h3-7,17H,8-13H2,1-2H3. The molecule has 24 heavy (non-hydrogen) atoms. The van der Waals surface area contributed by atoms with Crippen LogP contribution in [0.2, 0.25) is 0 Å². The molecule has 5 nitrogen and oxygen atoms in total. The van der Waals surface area contributed by atoms with E-state index < -0.39 is 0 Å². The Kier molecular flexibility index (Phi) is 4.37. The van der Waals surface area contributed by atoms with Crippen molar-refractivity contribution >= 4 is 11.8 Å². The van der Waals surface area contributed by atoms with Gasteiger partial charge >= 0.3 is 0 Å². The first kappa shape index (κ1) is 16.1. The smallest absolute Gasteiger partial charge is 0.0892 e. The number of rotatable bonds is 5. The van der Waals surface area contributed by atoms with Crippen LogP contribution in [0.4, 0.5) is 0 Å². The Morgan fingerprint density at radius 3 is 2.96 bits per heavy atom. The van der Waals surface area contributed by atoms with Crippen LogP contribution in [0.15, 0.2) is 30.5 Å². The van der Waals surface area contributed by atoms with Gasteiger partial charge < -0.3 is 4.74 Å². The van der Waals surface area contributed by atoms with Gasteiger partial charge in [0.15, 0.2) is 0 Å². The van der Waals surface area contributed by atoms with Crippen molar-refractivity contribution in [2.75, 3.05) is 18.8 Å². The fourth-order valence-electron chi connectivity index (χ4n) is 3.74. The number of nitrogens with zero attached hydrogens (tertiary/aromatic N) is 4. The molecule has 2 saturated heterocycles. The van der Waals surface area contributed by atoms with E-state index >= 15 is 0 Å². The van der Waals surface area contributed by atoms with Crippen molar-refractivity contribution in [3.63, 3.8) is 0 Å². The second-order valence-electron chi connectivity index (χ2n) is 7.00. The van der Waals surface area contributed by atoms with Crippen LogP contribution in [0.5, 0.6) is 0 Å².